The summed E-state index contributed by atoms with van der Waals surface area (Å²) in [6.07, 6.45) is -0.657. The zero-order chi connectivity index (χ0) is 12.8. The summed E-state index contributed by atoms with van der Waals surface area (Å²) in [6, 6.07) is 5.38. The maximum atomic E-state index is 9.66. The van der Waals surface area contributed by atoms with Crippen LogP contribution in [0.4, 0.5) is 0 Å². The third kappa shape index (κ3) is 3.91. The minimum Gasteiger partial charge on any atom is -0.497 e. The second-order valence-electron chi connectivity index (χ2n) is 3.96. The predicted molar refractivity (Wildman–Crippen MR) is 65.6 cm³/mol. The van der Waals surface area contributed by atoms with E-state index < -0.39 is 6.10 Å². The molecule has 1 aromatic carbocycles. The van der Waals surface area contributed by atoms with Crippen molar-refractivity contribution in [3.05, 3.63) is 23.8 Å². The lowest BCUT2D eigenvalue weighted by Crippen LogP contribution is -2.19. The number of aliphatic hydroxyl groups is 1. The van der Waals surface area contributed by atoms with Crippen molar-refractivity contribution >= 4 is 0 Å². The van der Waals surface area contributed by atoms with E-state index in [4.69, 9.17) is 14.2 Å². The van der Waals surface area contributed by atoms with Gasteiger partial charge in [0, 0.05) is 18.7 Å². The Balaban J connectivity index is 2.92. The predicted octanol–water partition coefficient (Wildman–Crippen LogP) is 2.16. The van der Waals surface area contributed by atoms with Gasteiger partial charge in [-0.2, -0.15) is 0 Å². The molecule has 96 valence electrons. The highest BCUT2D eigenvalue weighted by molar-refractivity contribution is 5.41. The minimum atomic E-state index is -0.578. The largest absolute Gasteiger partial charge is 0.497 e. The molecule has 4 heteroatoms. The van der Waals surface area contributed by atoms with Crippen molar-refractivity contribution in [2.45, 2.75) is 26.1 Å². The van der Waals surface area contributed by atoms with E-state index >= 15 is 0 Å². The van der Waals surface area contributed by atoms with Crippen LogP contribution in [0.15, 0.2) is 18.2 Å². The van der Waals surface area contributed by atoms with Crippen LogP contribution < -0.4 is 9.47 Å². The molecule has 0 aromatic heterocycles. The summed E-state index contributed by atoms with van der Waals surface area (Å²) in [4.78, 5) is 0. The first-order valence-electron chi connectivity index (χ1n) is 5.60. The Kier molecular flexibility index (Phi) is 5.25. The zero-order valence-corrected chi connectivity index (χ0v) is 10.8. The molecule has 0 aliphatic carbocycles. The topological polar surface area (TPSA) is 47.9 Å². The van der Waals surface area contributed by atoms with Crippen LogP contribution in [0.2, 0.25) is 0 Å². The van der Waals surface area contributed by atoms with Crippen molar-refractivity contribution in [3.8, 4) is 11.5 Å². The molecule has 0 spiro atoms. The lowest BCUT2D eigenvalue weighted by Gasteiger charge is -2.18. The van der Waals surface area contributed by atoms with Gasteiger partial charge < -0.3 is 19.3 Å². The fraction of sp³-hybridized carbons (Fsp3) is 0.538. The van der Waals surface area contributed by atoms with Gasteiger partial charge in [-0.3, -0.25) is 0 Å². The van der Waals surface area contributed by atoms with Gasteiger partial charge in [0.15, 0.2) is 0 Å². The lowest BCUT2D eigenvalue weighted by atomic mass is 10.1. The first kappa shape index (κ1) is 13.8. The highest BCUT2D eigenvalue weighted by atomic mass is 16.5. The fourth-order valence-electron chi connectivity index (χ4n) is 1.57. The Labute approximate surface area is 102 Å². The average Bonchev–Trinajstić information content (AvgIpc) is 2.28. The number of ether oxygens (including phenoxy) is 3. The molecule has 2 atom stereocenters. The summed E-state index contributed by atoms with van der Waals surface area (Å²) in [5.74, 6) is 1.33. The van der Waals surface area contributed by atoms with Crippen LogP contribution in [0, 0.1) is 0 Å². The maximum Gasteiger partial charge on any atom is 0.129 e. The number of aliphatic hydroxyl groups excluding tert-OH is 1. The Hall–Kier alpha value is -1.26. The van der Waals surface area contributed by atoms with Gasteiger partial charge in [0.05, 0.1) is 19.8 Å². The molecule has 0 aliphatic heterocycles. The molecule has 1 aromatic rings. The van der Waals surface area contributed by atoms with Gasteiger partial charge in [-0.05, 0) is 26.0 Å². The summed E-state index contributed by atoms with van der Waals surface area (Å²) in [5, 5.41) is 9.66. The lowest BCUT2D eigenvalue weighted by molar-refractivity contribution is 0.0884. The van der Waals surface area contributed by atoms with Gasteiger partial charge in [-0.25, -0.2) is 0 Å². The Bertz CT molecular complexity index is 349. The first-order chi connectivity index (χ1) is 8.08. The van der Waals surface area contributed by atoms with Crippen LogP contribution in [-0.4, -0.2) is 32.0 Å². The normalized spacial score (nSPS) is 14.2. The molecule has 0 radical (unpaired) electrons. The fourth-order valence-corrected chi connectivity index (χ4v) is 1.57. The van der Waals surface area contributed by atoms with E-state index in [1.54, 1.807) is 39.3 Å². The van der Waals surface area contributed by atoms with Crippen LogP contribution in [0.5, 0.6) is 11.5 Å². The molecule has 0 aliphatic rings. The smallest absolute Gasteiger partial charge is 0.129 e. The van der Waals surface area contributed by atoms with Crippen LogP contribution in [-0.2, 0) is 4.74 Å². The Morgan fingerprint density at radius 2 is 1.94 bits per heavy atom. The van der Waals surface area contributed by atoms with Crippen LogP contribution in [0.1, 0.15) is 25.5 Å². The average molecular weight is 240 g/mol. The van der Waals surface area contributed by atoms with Crippen molar-refractivity contribution in [2.75, 3.05) is 20.8 Å². The molecule has 0 fully saturated rings. The van der Waals surface area contributed by atoms with Crippen LogP contribution in [0.25, 0.3) is 0 Å². The summed E-state index contributed by atoms with van der Waals surface area (Å²) in [7, 11) is 3.22. The number of methoxy groups -OCH3 is 2. The van der Waals surface area contributed by atoms with Crippen molar-refractivity contribution in [2.24, 2.45) is 0 Å². The zero-order valence-electron chi connectivity index (χ0n) is 10.8. The van der Waals surface area contributed by atoms with Gasteiger partial charge in [0.1, 0.15) is 17.6 Å². The molecule has 4 nitrogen and oxygen atoms in total. The van der Waals surface area contributed by atoms with Crippen molar-refractivity contribution in [1.82, 2.24) is 0 Å². The molecule has 0 saturated carbocycles. The molecule has 2 unspecified atom stereocenters. The maximum absolute atomic E-state index is 9.66. The van der Waals surface area contributed by atoms with Gasteiger partial charge in [0.2, 0.25) is 0 Å². The van der Waals surface area contributed by atoms with Crippen molar-refractivity contribution in [1.29, 1.82) is 0 Å². The minimum absolute atomic E-state index is 0.0791. The molecule has 17 heavy (non-hydrogen) atoms. The highest BCUT2D eigenvalue weighted by Gasteiger charge is 2.13. The summed E-state index contributed by atoms with van der Waals surface area (Å²) in [5.41, 5.74) is 0.744. The van der Waals surface area contributed by atoms with E-state index in [-0.39, 0.29) is 6.10 Å². The first-order valence-corrected chi connectivity index (χ1v) is 5.60. The molecular formula is C13H20O4. The van der Waals surface area contributed by atoms with Crippen LogP contribution >= 0.6 is 0 Å². The molecule has 0 heterocycles. The number of benzene rings is 1. The standard InChI is InChI=1S/C13H20O4/c1-9(8-15-3)17-13-7-11(16-4)5-6-12(13)10(2)14/h5-7,9-10,14H,8H2,1-4H3. The van der Waals surface area contributed by atoms with E-state index in [0.29, 0.717) is 18.1 Å². The third-order valence-electron chi connectivity index (χ3n) is 2.40. The summed E-state index contributed by atoms with van der Waals surface area (Å²) in [6.45, 7) is 4.11. The molecule has 0 saturated heterocycles. The highest BCUT2D eigenvalue weighted by Crippen LogP contribution is 2.30. The number of rotatable bonds is 6. The quantitative estimate of drug-likeness (QED) is 0.827. The second-order valence-corrected chi connectivity index (χ2v) is 3.96. The summed E-state index contributed by atoms with van der Waals surface area (Å²) >= 11 is 0. The number of hydrogen-bond acceptors (Lipinski definition) is 4. The third-order valence-corrected chi connectivity index (χ3v) is 2.40. The molecular weight excluding hydrogens is 220 g/mol. The second kappa shape index (κ2) is 6.47. The van der Waals surface area contributed by atoms with Gasteiger partial charge >= 0.3 is 0 Å². The summed E-state index contributed by atoms with van der Waals surface area (Å²) < 4.78 is 15.9. The Morgan fingerprint density at radius 1 is 1.24 bits per heavy atom. The monoisotopic (exact) mass is 240 g/mol. The Morgan fingerprint density at radius 3 is 2.47 bits per heavy atom. The van der Waals surface area contributed by atoms with E-state index in [2.05, 4.69) is 0 Å². The van der Waals surface area contributed by atoms with Gasteiger partial charge in [0.25, 0.3) is 0 Å². The van der Waals surface area contributed by atoms with E-state index in [0.717, 1.165) is 5.56 Å². The van der Waals surface area contributed by atoms with Gasteiger partial charge in [-0.15, -0.1) is 0 Å². The van der Waals surface area contributed by atoms with Crippen LogP contribution in [0.3, 0.4) is 0 Å². The van der Waals surface area contributed by atoms with E-state index in [1.807, 2.05) is 6.92 Å². The molecule has 0 amide bonds. The van der Waals surface area contributed by atoms with Crippen molar-refractivity contribution in [3.63, 3.8) is 0 Å². The SMILES string of the molecule is COCC(C)Oc1cc(OC)ccc1C(C)O. The van der Waals surface area contributed by atoms with E-state index in [1.165, 1.54) is 0 Å². The number of hydrogen-bond donors (Lipinski definition) is 1. The van der Waals surface area contributed by atoms with Crippen molar-refractivity contribution < 1.29 is 19.3 Å². The van der Waals surface area contributed by atoms with E-state index in [9.17, 15) is 5.11 Å². The molecule has 1 rings (SSSR count). The molecule has 0 bridgehead atoms. The molecule has 1 N–H and O–H groups in total. The van der Waals surface area contributed by atoms with Gasteiger partial charge in [-0.1, -0.05) is 0 Å².